The van der Waals surface area contributed by atoms with Crippen LogP contribution in [0.25, 0.3) is 0 Å². The quantitative estimate of drug-likeness (QED) is 0.592. The highest BCUT2D eigenvalue weighted by Gasteiger charge is 2.30. The van der Waals surface area contributed by atoms with Crippen molar-refractivity contribution in [3.63, 3.8) is 0 Å². The monoisotopic (exact) mass is 457 g/mol. The van der Waals surface area contributed by atoms with E-state index in [4.69, 9.17) is 0 Å². The van der Waals surface area contributed by atoms with E-state index in [1.165, 1.54) is 18.6 Å². The molecular weight excluding hydrogens is 431 g/mol. The van der Waals surface area contributed by atoms with Crippen LogP contribution in [0.1, 0.15) is 36.2 Å². The molecule has 1 saturated heterocycles. The number of hydrogen-bond donors (Lipinski definition) is 2. The number of nitrogens with one attached hydrogen (secondary N) is 2. The van der Waals surface area contributed by atoms with Gasteiger partial charge in [-0.3, -0.25) is 0 Å². The van der Waals surface area contributed by atoms with Gasteiger partial charge >= 0.3 is 6.18 Å². The van der Waals surface area contributed by atoms with Crippen LogP contribution in [-0.4, -0.2) is 44.6 Å². The number of anilines is 2. The Morgan fingerprint density at radius 2 is 1.71 bits per heavy atom. The van der Waals surface area contributed by atoms with Crippen molar-refractivity contribution in [3.8, 4) is 0 Å². The lowest BCUT2D eigenvalue weighted by Gasteiger charge is -2.28. The van der Waals surface area contributed by atoms with Crippen molar-refractivity contribution in [2.75, 3.05) is 36.4 Å². The van der Waals surface area contributed by atoms with Crippen molar-refractivity contribution in [1.29, 1.82) is 0 Å². The third-order valence-electron chi connectivity index (χ3n) is 4.90. The number of nitrogens with zero attached hydrogens (tertiary/aromatic N) is 3. The molecule has 2 aromatic rings. The molecule has 1 aliphatic rings. The van der Waals surface area contributed by atoms with Crippen LogP contribution in [0.2, 0.25) is 0 Å². The Morgan fingerprint density at radius 3 is 2.35 bits per heavy atom. The summed E-state index contributed by atoms with van der Waals surface area (Å²) in [4.78, 5) is 11.0. The normalized spacial score (nSPS) is 15.2. The van der Waals surface area contributed by atoms with Crippen molar-refractivity contribution in [2.45, 2.75) is 38.1 Å². The van der Waals surface area contributed by atoms with E-state index >= 15 is 0 Å². The van der Waals surface area contributed by atoms with Crippen LogP contribution < -0.4 is 14.9 Å². The largest absolute Gasteiger partial charge is 0.416 e. The Hall–Kier alpha value is -2.40. The molecule has 0 radical (unpaired) electrons. The first-order valence-corrected chi connectivity index (χ1v) is 11.8. The van der Waals surface area contributed by atoms with Crippen LogP contribution in [0.15, 0.2) is 30.3 Å². The van der Waals surface area contributed by atoms with E-state index < -0.39 is 27.5 Å². The number of hydrogen-bond acceptors (Lipinski definition) is 6. The highest BCUT2D eigenvalue weighted by Crippen LogP contribution is 2.29. The number of sulfonamides is 1. The average molecular weight is 458 g/mol. The van der Waals surface area contributed by atoms with Gasteiger partial charge in [-0.15, -0.1) is 0 Å². The first-order valence-electron chi connectivity index (χ1n) is 10.1. The summed E-state index contributed by atoms with van der Waals surface area (Å²) in [5.74, 6) is 1.72. The SMILES string of the molecule is Cc1nc(NCCNS(=O)(=O)Cc2ccc(C(F)(F)F)cc2)cc(N2CCCCC2)n1. The van der Waals surface area contributed by atoms with Gasteiger partial charge in [0.2, 0.25) is 10.0 Å². The van der Waals surface area contributed by atoms with Gasteiger partial charge in [0.15, 0.2) is 0 Å². The maximum atomic E-state index is 12.6. The van der Waals surface area contributed by atoms with Crippen molar-refractivity contribution in [1.82, 2.24) is 14.7 Å². The molecular formula is C20H26F3N5O2S. The van der Waals surface area contributed by atoms with Gasteiger partial charge in [0.1, 0.15) is 17.5 Å². The lowest BCUT2D eigenvalue weighted by Crippen LogP contribution is -2.31. The van der Waals surface area contributed by atoms with E-state index in [1.54, 1.807) is 0 Å². The van der Waals surface area contributed by atoms with E-state index in [0.717, 1.165) is 43.9 Å². The molecule has 11 heteroatoms. The molecule has 0 saturated carbocycles. The fourth-order valence-corrected chi connectivity index (χ4v) is 4.53. The maximum Gasteiger partial charge on any atom is 0.416 e. The number of aromatic nitrogens is 2. The van der Waals surface area contributed by atoms with Crippen molar-refractivity contribution in [2.24, 2.45) is 0 Å². The van der Waals surface area contributed by atoms with E-state index in [-0.39, 0.29) is 12.1 Å². The first kappa shape index (κ1) is 23.3. The maximum absolute atomic E-state index is 12.6. The second-order valence-electron chi connectivity index (χ2n) is 7.48. The molecule has 0 unspecified atom stereocenters. The van der Waals surface area contributed by atoms with E-state index in [2.05, 4.69) is 24.9 Å². The Labute approximate surface area is 180 Å². The number of aryl methyl sites for hydroxylation is 1. The second-order valence-corrected chi connectivity index (χ2v) is 9.29. The molecule has 1 aromatic heterocycles. The van der Waals surface area contributed by atoms with E-state index in [9.17, 15) is 21.6 Å². The summed E-state index contributed by atoms with van der Waals surface area (Å²) in [5, 5.41) is 3.10. The highest BCUT2D eigenvalue weighted by molar-refractivity contribution is 7.88. The first-order chi connectivity index (χ1) is 14.6. The summed E-state index contributed by atoms with van der Waals surface area (Å²) < 4.78 is 64.7. The Balaban J connectivity index is 1.50. The molecule has 2 N–H and O–H groups in total. The predicted octanol–water partition coefficient (Wildman–Crippen LogP) is 3.33. The number of halogens is 3. The van der Waals surface area contributed by atoms with Crippen molar-refractivity contribution in [3.05, 3.63) is 47.3 Å². The molecule has 31 heavy (non-hydrogen) atoms. The molecule has 3 rings (SSSR count). The molecule has 1 fully saturated rings. The van der Waals surface area contributed by atoms with Gasteiger partial charge < -0.3 is 10.2 Å². The number of piperidine rings is 1. The summed E-state index contributed by atoms with van der Waals surface area (Å²) in [6.07, 6.45) is -0.966. The second kappa shape index (κ2) is 9.82. The van der Waals surface area contributed by atoms with Gasteiger partial charge in [0.05, 0.1) is 11.3 Å². The van der Waals surface area contributed by atoms with Crippen LogP contribution in [0.4, 0.5) is 24.8 Å². The standard InChI is InChI=1S/C20H26F3N5O2S/c1-15-26-18(13-19(27-15)28-11-3-2-4-12-28)24-9-10-25-31(29,30)14-16-5-7-17(8-6-16)20(21,22)23/h5-8,13,25H,2-4,9-12,14H2,1H3,(H,24,26,27). The number of alkyl halides is 3. The average Bonchev–Trinajstić information content (AvgIpc) is 2.71. The van der Waals surface area contributed by atoms with Gasteiger partial charge in [-0.25, -0.2) is 23.1 Å². The molecule has 0 amide bonds. The zero-order chi connectivity index (χ0) is 22.5. The lowest BCUT2D eigenvalue weighted by molar-refractivity contribution is -0.137. The molecule has 1 aromatic carbocycles. The lowest BCUT2D eigenvalue weighted by atomic mass is 10.1. The predicted molar refractivity (Wildman–Crippen MR) is 113 cm³/mol. The molecule has 170 valence electrons. The molecule has 2 heterocycles. The zero-order valence-electron chi connectivity index (χ0n) is 17.2. The fraction of sp³-hybridized carbons (Fsp3) is 0.500. The molecule has 0 aliphatic carbocycles. The highest BCUT2D eigenvalue weighted by atomic mass is 32.2. The van der Waals surface area contributed by atoms with Crippen molar-refractivity contribution < 1.29 is 21.6 Å². The van der Waals surface area contributed by atoms with Gasteiger partial charge in [-0.05, 0) is 43.9 Å². The van der Waals surface area contributed by atoms with Gasteiger partial charge in [-0.2, -0.15) is 13.2 Å². The summed E-state index contributed by atoms with van der Waals surface area (Å²) in [7, 11) is -3.68. The molecule has 0 atom stereocenters. The van der Waals surface area contributed by atoms with Crippen molar-refractivity contribution >= 4 is 21.7 Å². The summed E-state index contributed by atoms with van der Waals surface area (Å²) in [6.45, 7) is 4.15. The molecule has 1 aliphatic heterocycles. The minimum atomic E-state index is -4.45. The molecule has 7 nitrogen and oxygen atoms in total. The smallest absolute Gasteiger partial charge is 0.369 e. The van der Waals surface area contributed by atoms with E-state index in [1.807, 2.05) is 13.0 Å². The van der Waals surface area contributed by atoms with Gasteiger partial charge in [0, 0.05) is 32.2 Å². The van der Waals surface area contributed by atoms with E-state index in [0.29, 0.717) is 18.2 Å². The molecule has 0 spiro atoms. The van der Waals surface area contributed by atoms with Crippen LogP contribution in [0, 0.1) is 6.92 Å². The third-order valence-corrected chi connectivity index (χ3v) is 6.25. The topological polar surface area (TPSA) is 87.2 Å². The number of benzene rings is 1. The van der Waals surface area contributed by atoms with Crippen LogP contribution in [0.5, 0.6) is 0 Å². The summed E-state index contributed by atoms with van der Waals surface area (Å²) in [5.41, 5.74) is -0.527. The third kappa shape index (κ3) is 7.06. The van der Waals surface area contributed by atoms with Crippen LogP contribution in [-0.2, 0) is 22.0 Å². The van der Waals surface area contributed by atoms with Crippen LogP contribution >= 0.6 is 0 Å². The molecule has 0 bridgehead atoms. The zero-order valence-corrected chi connectivity index (χ0v) is 18.1. The Bertz CT molecular complexity index is 975. The Kier molecular flexibility index (Phi) is 7.37. The van der Waals surface area contributed by atoms with Gasteiger partial charge in [-0.1, -0.05) is 12.1 Å². The minimum Gasteiger partial charge on any atom is -0.369 e. The summed E-state index contributed by atoms with van der Waals surface area (Å²) in [6, 6.07) is 5.96. The number of rotatable bonds is 8. The Morgan fingerprint density at radius 1 is 1.03 bits per heavy atom. The summed E-state index contributed by atoms with van der Waals surface area (Å²) >= 11 is 0. The minimum absolute atomic E-state index is 0.116. The fourth-order valence-electron chi connectivity index (χ4n) is 3.38. The van der Waals surface area contributed by atoms with Gasteiger partial charge in [0.25, 0.3) is 0 Å². The van der Waals surface area contributed by atoms with Crippen LogP contribution in [0.3, 0.4) is 0 Å².